The number of carbonyl (C=O) groups excluding carboxylic acids is 3. The highest BCUT2D eigenvalue weighted by atomic mass is 127. The van der Waals surface area contributed by atoms with Crippen LogP contribution in [0.15, 0.2) is 72.4 Å². The smallest absolute Gasteiger partial charge is 0.329 e. The van der Waals surface area contributed by atoms with Gasteiger partial charge in [0.15, 0.2) is 18.1 Å². The van der Waals surface area contributed by atoms with E-state index in [0.717, 1.165) is 0 Å². The van der Waals surface area contributed by atoms with Gasteiger partial charge in [0, 0.05) is 11.4 Å². The molecular weight excluding hydrogens is 674 g/mol. The largest absolute Gasteiger partial charge is 0.493 e. The Kier molecular flexibility index (Phi) is 11.6. The molecule has 40 heavy (non-hydrogen) atoms. The first kappa shape index (κ1) is 30.7. The van der Waals surface area contributed by atoms with Gasteiger partial charge in [-0.05, 0) is 82.8 Å². The number of hydrogen-bond acceptors (Lipinski definition) is 7. The van der Waals surface area contributed by atoms with Crippen molar-refractivity contribution >= 4 is 81.1 Å². The predicted octanol–water partition coefficient (Wildman–Crippen LogP) is 5.28. The van der Waals surface area contributed by atoms with Crippen molar-refractivity contribution in [2.45, 2.75) is 0 Å². The summed E-state index contributed by atoms with van der Waals surface area (Å²) in [5.74, 6) is -1.00. The highest BCUT2D eigenvalue weighted by Gasteiger charge is 2.15. The molecule has 0 fully saturated rings. The lowest BCUT2D eigenvalue weighted by molar-refractivity contribution is -0.136. The minimum atomic E-state index is -0.960. The van der Waals surface area contributed by atoms with E-state index in [9.17, 15) is 14.4 Å². The topological polar surface area (TPSA) is 127 Å². The highest BCUT2D eigenvalue weighted by molar-refractivity contribution is 14.1. The molecule has 0 saturated carbocycles. The number of nitrogens with one attached hydrogen (secondary N) is 3. The molecule has 13 heteroatoms. The number of rotatable bonds is 11. The van der Waals surface area contributed by atoms with E-state index in [1.165, 1.54) is 19.4 Å². The maximum absolute atomic E-state index is 12.3. The summed E-state index contributed by atoms with van der Waals surface area (Å²) < 4.78 is 17.1. The van der Waals surface area contributed by atoms with Gasteiger partial charge in [-0.3, -0.25) is 14.4 Å². The third-order valence-corrected chi connectivity index (χ3v) is 6.41. The summed E-state index contributed by atoms with van der Waals surface area (Å²) in [6.07, 6.45) is 2.95. The van der Waals surface area contributed by atoms with Crippen LogP contribution in [0.25, 0.3) is 0 Å². The van der Waals surface area contributed by atoms with Crippen molar-refractivity contribution < 1.29 is 28.6 Å². The summed E-state index contributed by atoms with van der Waals surface area (Å²) in [5, 5.41) is 9.65. The third-order valence-electron chi connectivity index (χ3n) is 4.87. The van der Waals surface area contributed by atoms with Gasteiger partial charge in [-0.2, -0.15) is 5.10 Å². The van der Waals surface area contributed by atoms with E-state index in [-0.39, 0.29) is 6.61 Å². The minimum Gasteiger partial charge on any atom is -0.493 e. The molecule has 0 aliphatic heterocycles. The molecule has 0 heterocycles. The van der Waals surface area contributed by atoms with Gasteiger partial charge >= 0.3 is 11.8 Å². The summed E-state index contributed by atoms with van der Waals surface area (Å²) >= 11 is 13.9. The van der Waals surface area contributed by atoms with E-state index >= 15 is 0 Å². The number of halogens is 3. The quantitative estimate of drug-likeness (QED) is 0.0824. The van der Waals surface area contributed by atoms with Crippen LogP contribution >= 0.6 is 45.8 Å². The number of ether oxygens (including phenoxy) is 3. The maximum Gasteiger partial charge on any atom is 0.329 e. The molecule has 0 saturated heterocycles. The molecule has 0 aliphatic rings. The normalized spacial score (nSPS) is 10.5. The number of hydrogen-bond donors (Lipinski definition) is 3. The first-order valence-corrected chi connectivity index (χ1v) is 13.3. The average Bonchev–Trinajstić information content (AvgIpc) is 2.93. The first-order valence-electron chi connectivity index (χ1n) is 11.4. The first-order chi connectivity index (χ1) is 19.2. The van der Waals surface area contributed by atoms with Gasteiger partial charge in [0.2, 0.25) is 0 Å². The lowest BCUT2D eigenvalue weighted by Crippen LogP contribution is -2.32. The van der Waals surface area contributed by atoms with E-state index in [2.05, 4.69) is 27.7 Å². The fourth-order valence-electron chi connectivity index (χ4n) is 3.06. The van der Waals surface area contributed by atoms with Crippen LogP contribution in [0.4, 0.5) is 11.4 Å². The molecule has 0 unspecified atom stereocenters. The number of hydrazone groups is 1. The van der Waals surface area contributed by atoms with E-state index in [1.54, 1.807) is 54.6 Å². The third kappa shape index (κ3) is 9.14. The van der Waals surface area contributed by atoms with E-state index in [4.69, 9.17) is 37.4 Å². The average molecular weight is 697 g/mol. The van der Waals surface area contributed by atoms with E-state index < -0.39 is 17.7 Å². The van der Waals surface area contributed by atoms with Gasteiger partial charge in [-0.1, -0.05) is 35.9 Å². The summed E-state index contributed by atoms with van der Waals surface area (Å²) in [4.78, 5) is 36.6. The fourth-order valence-corrected chi connectivity index (χ4v) is 4.14. The lowest BCUT2D eigenvalue weighted by Gasteiger charge is -2.13. The molecule has 0 spiro atoms. The molecule has 10 nitrogen and oxygen atoms in total. The van der Waals surface area contributed by atoms with Crippen LogP contribution < -0.4 is 30.3 Å². The molecule has 3 rings (SSSR count). The summed E-state index contributed by atoms with van der Waals surface area (Å²) in [5.41, 5.74) is 3.60. The predicted molar refractivity (Wildman–Crippen MR) is 163 cm³/mol. The zero-order valence-corrected chi connectivity index (χ0v) is 24.7. The molecule has 3 amide bonds. The van der Waals surface area contributed by atoms with Gasteiger partial charge in [0.1, 0.15) is 12.4 Å². The number of benzene rings is 3. The number of carbonyl (C=O) groups is 3. The van der Waals surface area contributed by atoms with E-state index in [0.29, 0.717) is 54.4 Å². The number of methoxy groups -OCH3 is 1. The lowest BCUT2D eigenvalue weighted by atomic mass is 10.2. The second kappa shape index (κ2) is 15.1. The Morgan fingerprint density at radius 2 is 1.68 bits per heavy atom. The Morgan fingerprint density at radius 3 is 2.35 bits per heavy atom. The monoisotopic (exact) mass is 696 g/mol. The van der Waals surface area contributed by atoms with Crippen molar-refractivity contribution in [2.75, 3.05) is 31.0 Å². The molecule has 0 aromatic heterocycles. The Hall–Kier alpha value is -3.81. The SMILES string of the molecule is C=CCOc1ccc(NC(=O)C(=O)N/N=C\c2cc(I)c(OCC(=O)Nc3ccc(Cl)c(Cl)c3)c(OC)c2)cc1. The van der Waals surface area contributed by atoms with Gasteiger partial charge in [0.25, 0.3) is 5.91 Å². The molecule has 0 aliphatic carbocycles. The van der Waals surface area contributed by atoms with Crippen molar-refractivity contribution in [1.29, 1.82) is 0 Å². The molecule has 0 bridgehead atoms. The molecule has 0 radical (unpaired) electrons. The summed E-state index contributed by atoms with van der Waals surface area (Å²) in [7, 11) is 1.44. The minimum absolute atomic E-state index is 0.296. The Labute approximate surface area is 253 Å². The second-order valence-electron chi connectivity index (χ2n) is 7.78. The number of anilines is 2. The molecule has 0 atom stereocenters. The zero-order chi connectivity index (χ0) is 29.1. The summed E-state index contributed by atoms with van der Waals surface area (Å²) in [6, 6.07) is 14.5. The maximum atomic E-state index is 12.3. The van der Waals surface area contributed by atoms with Gasteiger partial charge < -0.3 is 24.8 Å². The molecule has 3 N–H and O–H groups in total. The van der Waals surface area contributed by atoms with Crippen molar-refractivity contribution in [1.82, 2.24) is 5.43 Å². The molecular formula is C27H23Cl2IN4O6. The molecule has 3 aromatic carbocycles. The number of nitrogens with zero attached hydrogens (tertiary/aromatic N) is 1. The van der Waals surface area contributed by atoms with Crippen LogP contribution in [0.3, 0.4) is 0 Å². The fraction of sp³-hybridized carbons (Fsp3) is 0.111. The number of amides is 3. The van der Waals surface area contributed by atoms with Gasteiger partial charge in [0.05, 0.1) is 26.9 Å². The molecule has 208 valence electrons. The van der Waals surface area contributed by atoms with Crippen molar-refractivity contribution in [3.05, 3.63) is 86.4 Å². The Morgan fingerprint density at radius 1 is 0.950 bits per heavy atom. The van der Waals surface area contributed by atoms with Crippen LogP contribution in [0.5, 0.6) is 17.2 Å². The summed E-state index contributed by atoms with van der Waals surface area (Å²) in [6.45, 7) is 3.63. The Bertz CT molecular complexity index is 1430. The van der Waals surface area contributed by atoms with Crippen LogP contribution in [-0.2, 0) is 14.4 Å². The molecule has 3 aromatic rings. The van der Waals surface area contributed by atoms with E-state index in [1.807, 2.05) is 22.6 Å². The van der Waals surface area contributed by atoms with Crippen molar-refractivity contribution in [3.8, 4) is 17.2 Å². The van der Waals surface area contributed by atoms with Crippen LogP contribution in [0.1, 0.15) is 5.56 Å². The Balaban J connectivity index is 1.55. The van der Waals surface area contributed by atoms with Gasteiger partial charge in [-0.15, -0.1) is 0 Å². The van der Waals surface area contributed by atoms with Crippen LogP contribution in [-0.4, -0.2) is 44.3 Å². The van der Waals surface area contributed by atoms with Crippen LogP contribution in [0, 0.1) is 3.57 Å². The second-order valence-corrected chi connectivity index (χ2v) is 9.75. The van der Waals surface area contributed by atoms with Gasteiger partial charge in [-0.25, -0.2) is 5.43 Å². The van der Waals surface area contributed by atoms with Crippen molar-refractivity contribution in [2.24, 2.45) is 5.10 Å². The zero-order valence-electron chi connectivity index (χ0n) is 21.0. The standard InChI is InChI=1S/C27H23Cl2IN4O6/c1-3-10-39-19-7-4-17(5-8-19)33-26(36)27(37)34-31-14-16-11-22(30)25(23(12-16)38-2)40-15-24(35)32-18-6-9-20(28)21(29)13-18/h3-9,11-14H,1,10,15H2,2H3,(H,32,35)(H,33,36)(H,34,37)/b31-14-. The van der Waals surface area contributed by atoms with Crippen molar-refractivity contribution in [3.63, 3.8) is 0 Å². The highest BCUT2D eigenvalue weighted by Crippen LogP contribution is 2.33. The van der Waals surface area contributed by atoms with Crippen LogP contribution in [0.2, 0.25) is 10.0 Å².